The van der Waals surface area contributed by atoms with E-state index in [9.17, 15) is 13.6 Å². The fraction of sp³-hybridized carbons (Fsp3) is 0.476. The normalized spacial score (nSPS) is 19.8. The molecule has 0 amide bonds. The number of likely N-dealkylation sites (tertiary alicyclic amines) is 1. The Morgan fingerprint density at radius 1 is 1.23 bits per heavy atom. The van der Waals surface area contributed by atoms with E-state index in [0.29, 0.717) is 5.92 Å². The third kappa shape index (κ3) is 4.78. The Morgan fingerprint density at radius 2 is 1.96 bits per heavy atom. The summed E-state index contributed by atoms with van der Waals surface area (Å²) in [5, 5.41) is 1.95. The molecule has 2 aromatic rings. The lowest BCUT2D eigenvalue weighted by molar-refractivity contribution is 0.0806. The van der Waals surface area contributed by atoms with Crippen LogP contribution in [0.5, 0.6) is 0 Å². The summed E-state index contributed by atoms with van der Waals surface area (Å²) in [5.41, 5.74) is 1.52. The number of hydrogen-bond acceptors (Lipinski definition) is 4. The molecule has 1 aliphatic heterocycles. The van der Waals surface area contributed by atoms with Gasteiger partial charge in [-0.05, 0) is 47.7 Å². The summed E-state index contributed by atoms with van der Waals surface area (Å²) >= 11 is -2.09. The third-order valence-corrected chi connectivity index (χ3v) is 5.54. The minimum Gasteiger partial charge on any atom is -0.772 e. The summed E-state index contributed by atoms with van der Waals surface area (Å²) in [6, 6.07) is 11.3. The maximum atomic E-state index is 13.0. The highest BCUT2D eigenvalue weighted by Gasteiger charge is 2.26. The summed E-state index contributed by atoms with van der Waals surface area (Å²) in [6.07, 6.45) is 2.03. The van der Waals surface area contributed by atoms with Crippen LogP contribution in [-0.2, 0) is 16.8 Å². The van der Waals surface area contributed by atoms with Gasteiger partial charge in [-0.3, -0.25) is 9.00 Å². The van der Waals surface area contributed by atoms with E-state index in [4.69, 9.17) is 0 Å². The van der Waals surface area contributed by atoms with Crippen molar-refractivity contribution >= 4 is 27.6 Å². The quantitative estimate of drug-likeness (QED) is 0.572. The molecular formula is C21H26NO3S-. The Balaban J connectivity index is 1.76. The molecular weight excluding hydrogens is 346 g/mol. The lowest BCUT2D eigenvalue weighted by atomic mass is 9.89. The summed E-state index contributed by atoms with van der Waals surface area (Å²) < 4.78 is 21.7. The van der Waals surface area contributed by atoms with Crippen LogP contribution in [-0.4, -0.2) is 39.1 Å². The Morgan fingerprint density at radius 3 is 2.69 bits per heavy atom. The van der Waals surface area contributed by atoms with Gasteiger partial charge in [0.1, 0.15) is 0 Å². The van der Waals surface area contributed by atoms with E-state index in [1.54, 1.807) is 0 Å². The van der Waals surface area contributed by atoms with Crippen molar-refractivity contribution in [2.75, 3.05) is 19.6 Å². The van der Waals surface area contributed by atoms with E-state index in [-0.39, 0.29) is 17.5 Å². The van der Waals surface area contributed by atoms with Crippen molar-refractivity contribution in [1.29, 1.82) is 0 Å². The van der Waals surface area contributed by atoms with Crippen LogP contribution in [0, 0.1) is 11.8 Å². The van der Waals surface area contributed by atoms with Crippen molar-refractivity contribution in [3.8, 4) is 0 Å². The van der Waals surface area contributed by atoms with E-state index in [1.807, 2.05) is 36.4 Å². The van der Waals surface area contributed by atoms with Crippen molar-refractivity contribution in [3.63, 3.8) is 0 Å². The van der Waals surface area contributed by atoms with Crippen LogP contribution >= 0.6 is 0 Å². The van der Waals surface area contributed by atoms with Crippen LogP contribution in [0.4, 0.5) is 0 Å². The Labute approximate surface area is 157 Å². The topological polar surface area (TPSA) is 60.4 Å². The second kappa shape index (κ2) is 8.42. The van der Waals surface area contributed by atoms with Gasteiger partial charge in [-0.15, -0.1) is 0 Å². The van der Waals surface area contributed by atoms with E-state index >= 15 is 0 Å². The molecule has 0 radical (unpaired) electrons. The molecule has 0 aromatic heterocycles. The molecule has 0 spiro atoms. The lowest BCUT2D eigenvalue weighted by Gasteiger charge is -2.33. The largest absolute Gasteiger partial charge is 0.772 e. The number of fused-ring (bicyclic) bond motifs is 1. The van der Waals surface area contributed by atoms with Gasteiger partial charge in [0.15, 0.2) is 5.78 Å². The standard InChI is InChI=1S/C21H27NO3S/c1-15(2)12-22-9-3-4-20(13-22)21(23)19-8-7-17-10-16(14-26(24)25)5-6-18(17)11-19/h5-8,10-11,15,20H,3-4,9,12-14H2,1-2H3,(H,24,25)/p-1. The fourth-order valence-corrected chi connectivity index (χ4v) is 4.31. The SMILES string of the molecule is CC(C)CN1CCCC(C(=O)c2ccc3cc(CS(=O)[O-])ccc3c2)C1. The maximum Gasteiger partial charge on any atom is 0.167 e. The number of carbonyl (C=O) groups excluding carboxylic acids is 1. The summed E-state index contributed by atoms with van der Waals surface area (Å²) in [4.78, 5) is 15.4. The molecule has 3 rings (SSSR count). The molecule has 1 aliphatic rings. The van der Waals surface area contributed by atoms with Gasteiger partial charge in [-0.25, -0.2) is 0 Å². The molecule has 4 nitrogen and oxygen atoms in total. The molecule has 2 aromatic carbocycles. The lowest BCUT2D eigenvalue weighted by Crippen LogP contribution is -2.40. The average molecular weight is 373 g/mol. The summed E-state index contributed by atoms with van der Waals surface area (Å²) in [5.74, 6) is 0.930. The number of ketones is 1. The van der Waals surface area contributed by atoms with E-state index in [0.717, 1.165) is 54.4 Å². The Hall–Kier alpha value is -1.56. The van der Waals surface area contributed by atoms with Gasteiger partial charge < -0.3 is 9.45 Å². The van der Waals surface area contributed by atoms with E-state index in [2.05, 4.69) is 18.7 Å². The van der Waals surface area contributed by atoms with Crippen LogP contribution in [0.15, 0.2) is 36.4 Å². The molecule has 0 saturated carbocycles. The molecule has 0 N–H and O–H groups in total. The van der Waals surface area contributed by atoms with Crippen LogP contribution < -0.4 is 0 Å². The monoisotopic (exact) mass is 372 g/mol. The first-order valence-electron chi connectivity index (χ1n) is 9.27. The predicted octanol–water partition coefficient (Wildman–Crippen LogP) is 3.77. The number of rotatable bonds is 6. The van der Waals surface area contributed by atoms with Crippen molar-refractivity contribution in [3.05, 3.63) is 47.5 Å². The molecule has 1 fully saturated rings. The van der Waals surface area contributed by atoms with Gasteiger partial charge in [0.05, 0.1) is 0 Å². The highest BCUT2D eigenvalue weighted by atomic mass is 32.2. The number of carbonyl (C=O) groups is 1. The van der Waals surface area contributed by atoms with Crippen LogP contribution in [0.25, 0.3) is 10.8 Å². The molecule has 1 saturated heterocycles. The number of piperidine rings is 1. The summed E-state index contributed by atoms with van der Waals surface area (Å²) in [6.45, 7) is 7.41. The number of benzene rings is 2. The highest BCUT2D eigenvalue weighted by molar-refractivity contribution is 7.78. The van der Waals surface area contributed by atoms with E-state index < -0.39 is 11.1 Å². The average Bonchev–Trinajstić information content (AvgIpc) is 2.60. The molecule has 26 heavy (non-hydrogen) atoms. The molecule has 1 heterocycles. The van der Waals surface area contributed by atoms with Gasteiger partial charge in [-0.1, -0.05) is 55.3 Å². The molecule has 140 valence electrons. The third-order valence-electron chi connectivity index (χ3n) is 4.97. The number of hydrogen-bond donors (Lipinski definition) is 0. The molecule has 0 bridgehead atoms. The first kappa shape index (κ1) is 19.2. The molecule has 5 heteroatoms. The van der Waals surface area contributed by atoms with E-state index in [1.165, 1.54) is 0 Å². The Bertz CT molecular complexity index is 818. The highest BCUT2D eigenvalue weighted by Crippen LogP contribution is 2.25. The zero-order valence-corrected chi connectivity index (χ0v) is 16.3. The number of nitrogens with zero attached hydrogens (tertiary/aromatic N) is 1. The van der Waals surface area contributed by atoms with Gasteiger partial charge in [0.2, 0.25) is 0 Å². The second-order valence-corrected chi connectivity index (χ2v) is 8.60. The van der Waals surface area contributed by atoms with Crippen LogP contribution in [0.3, 0.4) is 0 Å². The first-order chi connectivity index (χ1) is 12.4. The van der Waals surface area contributed by atoms with Crippen molar-refractivity contribution < 1.29 is 13.6 Å². The maximum absolute atomic E-state index is 13.0. The molecule has 2 unspecified atom stereocenters. The molecule has 2 atom stereocenters. The van der Waals surface area contributed by atoms with Gasteiger partial charge in [0, 0.05) is 30.3 Å². The minimum atomic E-state index is -2.09. The van der Waals surface area contributed by atoms with Gasteiger partial charge in [-0.2, -0.15) is 0 Å². The summed E-state index contributed by atoms with van der Waals surface area (Å²) in [7, 11) is 0. The zero-order valence-electron chi connectivity index (χ0n) is 15.4. The van der Waals surface area contributed by atoms with Crippen molar-refractivity contribution in [2.45, 2.75) is 32.4 Å². The second-order valence-electron chi connectivity index (χ2n) is 7.70. The van der Waals surface area contributed by atoms with Crippen LogP contribution in [0.1, 0.15) is 42.6 Å². The van der Waals surface area contributed by atoms with Gasteiger partial charge in [0.25, 0.3) is 0 Å². The smallest absolute Gasteiger partial charge is 0.167 e. The Kier molecular flexibility index (Phi) is 6.22. The first-order valence-corrected chi connectivity index (χ1v) is 10.5. The zero-order chi connectivity index (χ0) is 18.7. The molecule has 0 aliphatic carbocycles. The fourth-order valence-electron chi connectivity index (χ4n) is 3.86. The van der Waals surface area contributed by atoms with Crippen LogP contribution in [0.2, 0.25) is 0 Å². The van der Waals surface area contributed by atoms with Crippen molar-refractivity contribution in [1.82, 2.24) is 4.90 Å². The van der Waals surface area contributed by atoms with Gasteiger partial charge >= 0.3 is 0 Å². The predicted molar refractivity (Wildman–Crippen MR) is 105 cm³/mol. The minimum absolute atomic E-state index is 0.0182. The number of Topliss-reactive ketones (excluding diaryl/α,β-unsaturated/α-hetero) is 1. The van der Waals surface area contributed by atoms with Crippen molar-refractivity contribution in [2.24, 2.45) is 11.8 Å².